The van der Waals surface area contributed by atoms with E-state index < -0.39 is 55.7 Å². The molecular formula is C105H172O16. The summed E-state index contributed by atoms with van der Waals surface area (Å²) < 4.78 is 77.6. The van der Waals surface area contributed by atoms with E-state index in [0.29, 0.717) is 98.9 Å². The molecule has 0 N–H and O–H groups in total. The first-order valence-corrected chi connectivity index (χ1v) is 49.8. The molecule has 0 aliphatic rings. The molecule has 0 radical (unpaired) electrons. The maximum atomic E-state index is 15.1. The zero-order chi connectivity index (χ0) is 86.8. The van der Waals surface area contributed by atoms with E-state index in [9.17, 15) is 0 Å². The quantitative estimate of drug-likeness (QED) is 0.0231. The first kappa shape index (κ1) is 106. The van der Waals surface area contributed by atoms with E-state index in [1.165, 1.54) is 205 Å². The van der Waals surface area contributed by atoms with E-state index in [1.54, 1.807) is 72.8 Å². The van der Waals surface area contributed by atoms with Crippen molar-refractivity contribution in [1.82, 2.24) is 0 Å². The highest BCUT2D eigenvalue weighted by Gasteiger charge is 2.39. The second-order valence-corrected chi connectivity index (χ2v) is 34.2. The molecule has 16 nitrogen and oxygen atoms in total. The van der Waals surface area contributed by atoms with Crippen LogP contribution in [0.5, 0.6) is 46.0 Å². The lowest BCUT2D eigenvalue weighted by Gasteiger charge is -2.31. The Bertz CT molecular complexity index is 2780. The largest absolute Gasteiger partial charge is 0.490 e. The van der Waals surface area contributed by atoms with Crippen molar-refractivity contribution < 1.29 is 76.0 Å². The van der Waals surface area contributed by atoms with Crippen LogP contribution in [0, 0.1) is 5.41 Å². The highest BCUT2D eigenvalue weighted by atomic mass is 16.6. The predicted octanol–water partition coefficient (Wildman–Crippen LogP) is 30.4. The summed E-state index contributed by atoms with van der Waals surface area (Å²) in [6, 6.07) is 20.3. The van der Waals surface area contributed by atoms with Crippen molar-refractivity contribution in [2.45, 2.75) is 415 Å². The summed E-state index contributed by atoms with van der Waals surface area (Å²) >= 11 is 0. The Hall–Kier alpha value is -6.84. The smallest absolute Gasteiger partial charge is 0.338 e. The van der Waals surface area contributed by atoms with E-state index in [0.717, 1.165) is 154 Å². The molecule has 121 heavy (non-hydrogen) atoms. The number of rotatable bonds is 84. The lowest BCUT2D eigenvalue weighted by atomic mass is 9.92. The van der Waals surface area contributed by atoms with E-state index in [-0.39, 0.29) is 22.3 Å². The molecule has 0 fully saturated rings. The molecule has 0 spiro atoms. The van der Waals surface area contributed by atoms with Gasteiger partial charge in [-0.1, -0.05) is 364 Å². The van der Waals surface area contributed by atoms with Gasteiger partial charge >= 0.3 is 23.9 Å². The number of carbonyl (C=O) groups is 4. The number of esters is 4. The van der Waals surface area contributed by atoms with Gasteiger partial charge in [-0.05, 0) is 124 Å². The van der Waals surface area contributed by atoms with Crippen LogP contribution in [-0.4, -0.2) is 103 Å². The van der Waals surface area contributed by atoms with Crippen LogP contribution in [0.25, 0.3) is 0 Å². The minimum atomic E-state index is -1.76. The average Bonchev–Trinajstić information content (AvgIpc) is 0.820. The van der Waals surface area contributed by atoms with Gasteiger partial charge in [-0.25, -0.2) is 19.2 Å². The molecule has 0 saturated heterocycles. The summed E-state index contributed by atoms with van der Waals surface area (Å²) in [5, 5.41) is 0. The molecule has 0 aromatic heterocycles. The van der Waals surface area contributed by atoms with Crippen LogP contribution >= 0.6 is 0 Å². The SMILES string of the molecule is CCCCCCCCCOc1ccc(C(=O)OCC(COC(=O)c2ccc(OCCCCCCCCC)c(OCCCCCCCCC)c2)(COC(=O)c2ccc(OCCCCCCCCC)c(OCCCCCCCCC)c2)COC(=O)c2ccc(OCCCCCCCCC)c(OCCCCCCCCC)c2)cc1OCCCCCCCCC. The molecule has 0 amide bonds. The van der Waals surface area contributed by atoms with Crippen molar-refractivity contribution in [3.8, 4) is 46.0 Å². The van der Waals surface area contributed by atoms with E-state index in [2.05, 4.69) is 55.4 Å². The number of carbonyl (C=O) groups excluding carboxylic acids is 4. The highest BCUT2D eigenvalue weighted by Crippen LogP contribution is 2.36. The highest BCUT2D eigenvalue weighted by molar-refractivity contribution is 5.92. The van der Waals surface area contributed by atoms with Gasteiger partial charge < -0.3 is 56.8 Å². The number of ether oxygens (including phenoxy) is 12. The van der Waals surface area contributed by atoms with Crippen LogP contribution in [0.4, 0.5) is 0 Å². The molecule has 0 aliphatic carbocycles. The topological polar surface area (TPSA) is 179 Å². The molecule has 16 heteroatoms. The normalized spacial score (nSPS) is 11.4. The van der Waals surface area contributed by atoms with Crippen molar-refractivity contribution >= 4 is 23.9 Å². The van der Waals surface area contributed by atoms with Crippen molar-refractivity contribution in [3.05, 3.63) is 95.1 Å². The van der Waals surface area contributed by atoms with Gasteiger partial charge in [-0.2, -0.15) is 0 Å². The summed E-state index contributed by atoms with van der Waals surface area (Å²) in [6.45, 7) is 19.3. The Labute approximate surface area is 736 Å². The van der Waals surface area contributed by atoms with Crippen LogP contribution in [-0.2, 0) is 18.9 Å². The molecule has 0 aliphatic heterocycles. The van der Waals surface area contributed by atoms with E-state index >= 15 is 19.2 Å². The molecule has 4 rings (SSSR count). The zero-order valence-electron chi connectivity index (χ0n) is 78.0. The number of unbranched alkanes of at least 4 members (excludes halogenated alkanes) is 48. The Morgan fingerprint density at radius 2 is 0.314 bits per heavy atom. The Kier molecular flexibility index (Phi) is 64.7. The summed E-state index contributed by atoms with van der Waals surface area (Å²) in [7, 11) is 0. The molecule has 0 unspecified atom stereocenters. The standard InChI is InChI=1S/C105H172O16/c1-9-17-25-33-41-49-57-73-110-93-69-65-89(81-97(93)114-77-61-53-45-37-29-21-13-5)101(106)118-85-105(86-119-102(107)90-66-70-94(111-74-58-50-42-34-26-18-10-2)98(82-90)115-78-62-54-46-38-30-22-14-6,87-120-103(108)91-67-71-95(112-75-59-51-43-35-27-19-11-3)99(83-91)116-79-63-55-47-39-31-23-15-7)88-121-104(109)92-68-72-96(113-76-60-52-44-36-28-20-12-4)100(84-92)117-80-64-56-48-40-32-24-16-8/h65-72,81-84H,9-64,73-80,85-88H2,1-8H3. The molecule has 0 atom stereocenters. The van der Waals surface area contributed by atoms with Crippen molar-refractivity contribution in [3.63, 3.8) is 0 Å². The molecule has 688 valence electrons. The second-order valence-electron chi connectivity index (χ2n) is 34.2. The molecular weight excluding hydrogens is 1520 g/mol. The second kappa shape index (κ2) is 73.5. The maximum Gasteiger partial charge on any atom is 0.338 e. The van der Waals surface area contributed by atoms with Gasteiger partial charge in [-0.3, -0.25) is 0 Å². The monoisotopic (exact) mass is 1690 g/mol. The Morgan fingerprint density at radius 3 is 0.463 bits per heavy atom. The predicted molar refractivity (Wildman–Crippen MR) is 497 cm³/mol. The van der Waals surface area contributed by atoms with Crippen LogP contribution in [0.2, 0.25) is 0 Å². The van der Waals surface area contributed by atoms with Gasteiger partial charge in [0.25, 0.3) is 0 Å². The third kappa shape index (κ3) is 51.3. The number of hydrogen-bond donors (Lipinski definition) is 0. The van der Waals surface area contributed by atoms with Crippen molar-refractivity contribution in [2.75, 3.05) is 79.3 Å². The zero-order valence-corrected chi connectivity index (χ0v) is 78.0. The maximum absolute atomic E-state index is 15.1. The Balaban J connectivity index is 1.88. The van der Waals surface area contributed by atoms with Crippen molar-refractivity contribution in [1.29, 1.82) is 0 Å². The first-order valence-electron chi connectivity index (χ1n) is 49.8. The molecule has 0 saturated carbocycles. The fraction of sp³-hybridized carbons (Fsp3) is 0.733. The Morgan fingerprint density at radius 1 is 0.182 bits per heavy atom. The molecule has 4 aromatic carbocycles. The van der Waals surface area contributed by atoms with Crippen LogP contribution in [0.15, 0.2) is 72.8 Å². The summed E-state index contributed by atoms with van der Waals surface area (Å²) in [6.07, 6.45) is 62.7. The van der Waals surface area contributed by atoms with Crippen molar-refractivity contribution in [2.24, 2.45) is 5.41 Å². The number of benzene rings is 4. The summed E-state index contributed by atoms with van der Waals surface area (Å²) in [5.41, 5.74) is -1.06. The average molecular weight is 1690 g/mol. The van der Waals surface area contributed by atoms with Gasteiger partial charge in [0.1, 0.15) is 31.8 Å². The lowest BCUT2D eigenvalue weighted by molar-refractivity contribution is -0.0642. The molecule has 0 bridgehead atoms. The first-order chi connectivity index (χ1) is 59.5. The number of hydrogen-bond acceptors (Lipinski definition) is 16. The van der Waals surface area contributed by atoms with Crippen LogP contribution in [0.3, 0.4) is 0 Å². The molecule has 0 heterocycles. The van der Waals surface area contributed by atoms with Gasteiger partial charge in [0.05, 0.1) is 75.1 Å². The lowest BCUT2D eigenvalue weighted by Crippen LogP contribution is -2.44. The third-order valence-electron chi connectivity index (χ3n) is 22.8. The van der Waals surface area contributed by atoms with Gasteiger partial charge in [0, 0.05) is 0 Å². The third-order valence-corrected chi connectivity index (χ3v) is 22.8. The van der Waals surface area contributed by atoms with Gasteiger partial charge in [0.2, 0.25) is 0 Å². The van der Waals surface area contributed by atoms with Gasteiger partial charge in [-0.15, -0.1) is 0 Å². The fourth-order valence-electron chi connectivity index (χ4n) is 14.9. The van der Waals surface area contributed by atoms with Crippen LogP contribution < -0.4 is 37.9 Å². The minimum absolute atomic E-state index is 0.174. The fourth-order valence-corrected chi connectivity index (χ4v) is 14.9. The molecule has 4 aromatic rings. The summed E-state index contributed by atoms with van der Waals surface area (Å²) in [4.78, 5) is 60.3. The van der Waals surface area contributed by atoms with E-state index in [4.69, 9.17) is 56.8 Å². The summed E-state index contributed by atoms with van der Waals surface area (Å²) in [5.74, 6) is 0.839. The van der Waals surface area contributed by atoms with E-state index in [1.807, 2.05) is 0 Å². The minimum Gasteiger partial charge on any atom is -0.490 e. The van der Waals surface area contributed by atoms with Gasteiger partial charge in [0.15, 0.2) is 46.0 Å². The van der Waals surface area contributed by atoms with Crippen LogP contribution in [0.1, 0.15) is 456 Å².